The van der Waals surface area contributed by atoms with Crippen LogP contribution in [0.25, 0.3) is 11.0 Å². The van der Waals surface area contributed by atoms with Crippen molar-refractivity contribution in [1.82, 2.24) is 5.48 Å². The van der Waals surface area contributed by atoms with E-state index in [0.717, 1.165) is 5.39 Å². The van der Waals surface area contributed by atoms with Crippen molar-refractivity contribution >= 4 is 37.2 Å². The van der Waals surface area contributed by atoms with E-state index in [-0.39, 0.29) is 4.57 Å². The second kappa shape index (κ2) is 8.75. The fourth-order valence-corrected chi connectivity index (χ4v) is 4.04. The Bertz CT molecular complexity index is 950. The number of fused-ring (bicyclic) bond motifs is 1. The zero-order valence-corrected chi connectivity index (χ0v) is 16.6. The molecule has 0 saturated heterocycles. The van der Waals surface area contributed by atoms with E-state index in [2.05, 4.69) is 0 Å². The quantitative estimate of drug-likeness (QED) is 0.246. The Labute approximate surface area is 161 Å². The van der Waals surface area contributed by atoms with Crippen molar-refractivity contribution in [1.29, 1.82) is 0 Å². The standard InChI is InChI=1S/C19H18AsNO6/c1-25-15-3-2-4-16-14(15)11-17(27-16)18(22)20-9-10-26-13-7-5-12(6-8-13)19(23)21-24/h2-8,11,20,24H,9-10H2,1H3,(H,21,23). The number of ether oxygens (including phenoxy) is 2. The molecule has 0 saturated carbocycles. The van der Waals surface area contributed by atoms with Crippen molar-refractivity contribution in [2.45, 2.75) is 5.21 Å². The number of hydrogen-bond donors (Lipinski definition) is 2. The molecule has 0 aliphatic rings. The van der Waals surface area contributed by atoms with Crippen molar-refractivity contribution in [3.05, 3.63) is 59.9 Å². The molecule has 1 aromatic heterocycles. The first-order valence-electron chi connectivity index (χ1n) is 8.14. The zero-order chi connectivity index (χ0) is 19.2. The molecule has 1 unspecified atom stereocenters. The van der Waals surface area contributed by atoms with Gasteiger partial charge in [0.25, 0.3) is 0 Å². The first-order chi connectivity index (χ1) is 13.1. The second-order valence-electron chi connectivity index (χ2n) is 5.55. The van der Waals surface area contributed by atoms with Gasteiger partial charge >= 0.3 is 162 Å². The van der Waals surface area contributed by atoms with E-state index >= 15 is 0 Å². The van der Waals surface area contributed by atoms with Gasteiger partial charge in [-0.05, 0) is 0 Å². The molecule has 2 N–H and O–H groups in total. The van der Waals surface area contributed by atoms with Crippen LogP contribution in [0, 0.1) is 0 Å². The number of benzene rings is 2. The normalized spacial score (nSPS) is 11.0. The van der Waals surface area contributed by atoms with Crippen LogP contribution in [0.3, 0.4) is 0 Å². The SMILES string of the molecule is COc1cccc2oc(C(=O)[AsH]CCOc3ccc(C(=O)NO)cc3)cc12. The summed E-state index contributed by atoms with van der Waals surface area (Å²) in [6, 6.07) is 13.5. The average Bonchev–Trinajstić information content (AvgIpc) is 3.15. The molecule has 0 aliphatic heterocycles. The topological polar surface area (TPSA) is 98.0 Å². The summed E-state index contributed by atoms with van der Waals surface area (Å²) in [6.07, 6.45) is 0. The number of furan rings is 1. The van der Waals surface area contributed by atoms with Crippen LogP contribution in [0.4, 0.5) is 0 Å². The van der Waals surface area contributed by atoms with Crippen LogP contribution >= 0.6 is 0 Å². The van der Waals surface area contributed by atoms with E-state index in [4.69, 9.17) is 19.1 Å². The molecule has 0 fully saturated rings. The summed E-state index contributed by atoms with van der Waals surface area (Å²) in [6.45, 7) is 0.404. The number of hydroxylamine groups is 1. The van der Waals surface area contributed by atoms with Gasteiger partial charge in [-0.2, -0.15) is 0 Å². The van der Waals surface area contributed by atoms with Gasteiger partial charge in [0.1, 0.15) is 0 Å². The van der Waals surface area contributed by atoms with E-state index < -0.39 is 21.7 Å². The van der Waals surface area contributed by atoms with Crippen LogP contribution in [-0.2, 0) is 0 Å². The molecule has 8 heteroatoms. The predicted molar refractivity (Wildman–Crippen MR) is 100 cm³/mol. The van der Waals surface area contributed by atoms with Crippen LogP contribution in [0.5, 0.6) is 11.5 Å². The molecule has 27 heavy (non-hydrogen) atoms. The Hall–Kier alpha value is -2.76. The number of amides is 1. The summed E-state index contributed by atoms with van der Waals surface area (Å²) in [5, 5.41) is 10.0. The molecule has 2 aromatic carbocycles. The molecule has 0 radical (unpaired) electrons. The van der Waals surface area contributed by atoms with Crippen molar-refractivity contribution in [2.75, 3.05) is 13.7 Å². The molecule has 7 nitrogen and oxygen atoms in total. The van der Waals surface area contributed by atoms with Crippen LogP contribution in [0.2, 0.25) is 5.21 Å². The van der Waals surface area contributed by atoms with E-state index in [0.29, 0.717) is 40.2 Å². The molecule has 3 aromatic rings. The molecule has 0 aliphatic carbocycles. The Morgan fingerprint density at radius 3 is 2.67 bits per heavy atom. The third-order valence-corrected chi connectivity index (χ3v) is 5.98. The minimum atomic E-state index is -0.928. The van der Waals surface area contributed by atoms with E-state index in [1.165, 1.54) is 0 Å². The number of carbonyl (C=O) groups excluding carboxylic acids is 2. The van der Waals surface area contributed by atoms with Gasteiger partial charge in [0.05, 0.1) is 0 Å². The molecule has 0 bridgehead atoms. The zero-order valence-electron chi connectivity index (χ0n) is 14.5. The molecule has 140 valence electrons. The molecular weight excluding hydrogens is 413 g/mol. The van der Waals surface area contributed by atoms with Gasteiger partial charge in [0.15, 0.2) is 0 Å². The molecule has 3 rings (SSSR count). The predicted octanol–water partition coefficient (Wildman–Crippen LogP) is 2.63. The maximum atomic E-state index is 12.4. The van der Waals surface area contributed by atoms with Gasteiger partial charge < -0.3 is 0 Å². The number of nitrogens with one attached hydrogen (secondary N) is 1. The number of methoxy groups -OCH3 is 1. The molecular formula is C19H18AsNO6. The fraction of sp³-hybridized carbons (Fsp3) is 0.158. The van der Waals surface area contributed by atoms with Gasteiger partial charge in [0, 0.05) is 0 Å². The van der Waals surface area contributed by atoms with Crippen molar-refractivity contribution < 1.29 is 28.7 Å². The van der Waals surface area contributed by atoms with Crippen molar-refractivity contribution in [3.63, 3.8) is 0 Å². The van der Waals surface area contributed by atoms with Gasteiger partial charge in [-0.25, -0.2) is 0 Å². The fourth-order valence-electron chi connectivity index (χ4n) is 2.51. The van der Waals surface area contributed by atoms with Gasteiger partial charge in [-0.3, -0.25) is 0 Å². The average molecular weight is 431 g/mol. The summed E-state index contributed by atoms with van der Waals surface area (Å²) in [5.41, 5.74) is 2.53. The number of carbonyl (C=O) groups is 2. The molecule has 1 heterocycles. The Balaban J connectivity index is 1.52. The van der Waals surface area contributed by atoms with Crippen LogP contribution in [-0.4, -0.2) is 45.2 Å². The summed E-state index contributed by atoms with van der Waals surface area (Å²) in [4.78, 5) is 23.6. The number of hydrogen-bond acceptors (Lipinski definition) is 6. The van der Waals surface area contributed by atoms with Crippen molar-refractivity contribution in [2.24, 2.45) is 0 Å². The van der Waals surface area contributed by atoms with Gasteiger partial charge in [0.2, 0.25) is 0 Å². The van der Waals surface area contributed by atoms with Crippen molar-refractivity contribution in [3.8, 4) is 11.5 Å². The molecule has 0 spiro atoms. The Kier molecular flexibility index (Phi) is 6.16. The monoisotopic (exact) mass is 431 g/mol. The summed E-state index contributed by atoms with van der Waals surface area (Å²) in [5.74, 6) is 1.05. The summed E-state index contributed by atoms with van der Waals surface area (Å²) in [7, 11) is 1.58. The first-order valence-corrected chi connectivity index (χ1v) is 10.7. The van der Waals surface area contributed by atoms with Gasteiger partial charge in [-0.15, -0.1) is 0 Å². The first kappa shape index (κ1) is 19.0. The summed E-state index contributed by atoms with van der Waals surface area (Å²) >= 11 is -0.928. The van der Waals surface area contributed by atoms with E-state index in [9.17, 15) is 9.59 Å². The van der Waals surface area contributed by atoms with E-state index in [1.54, 1.807) is 49.0 Å². The third-order valence-electron chi connectivity index (χ3n) is 3.84. The van der Waals surface area contributed by atoms with Crippen LogP contribution < -0.4 is 15.0 Å². The Morgan fingerprint density at radius 2 is 1.96 bits per heavy atom. The van der Waals surface area contributed by atoms with Crippen LogP contribution in [0.15, 0.2) is 52.9 Å². The maximum absolute atomic E-state index is 12.4. The van der Waals surface area contributed by atoms with E-state index in [1.807, 2.05) is 12.1 Å². The van der Waals surface area contributed by atoms with Gasteiger partial charge in [-0.1, -0.05) is 0 Å². The summed E-state index contributed by atoms with van der Waals surface area (Å²) < 4.78 is 16.5. The Morgan fingerprint density at radius 1 is 1.19 bits per heavy atom. The minimum absolute atomic E-state index is 0.0202. The number of rotatable bonds is 8. The molecule has 1 amide bonds. The molecule has 1 atom stereocenters. The van der Waals surface area contributed by atoms with Crippen LogP contribution in [0.1, 0.15) is 20.9 Å². The third kappa shape index (κ3) is 4.50. The second-order valence-corrected chi connectivity index (χ2v) is 8.30.